The number of ketones is 1. The van der Waals surface area contributed by atoms with Crippen LogP contribution in [0.1, 0.15) is 38.1 Å². The highest BCUT2D eigenvalue weighted by Crippen LogP contribution is 2.30. The first-order valence-corrected chi connectivity index (χ1v) is 6.27. The number of fused-ring (bicyclic) bond motifs is 1. The van der Waals surface area contributed by atoms with Crippen LogP contribution in [0.5, 0.6) is 0 Å². The zero-order chi connectivity index (χ0) is 13.6. The molecule has 0 unspecified atom stereocenters. The quantitative estimate of drug-likeness (QED) is 0.612. The molecule has 2 aromatic heterocycles. The van der Waals surface area contributed by atoms with E-state index in [1.807, 2.05) is 0 Å². The number of carbonyl (C=O) groups excluding carboxylic acids is 3. The number of imide groups is 1. The molecule has 0 atom stereocenters. The zero-order valence-corrected chi connectivity index (χ0v) is 10.6. The number of nitrogens with zero attached hydrogens (tertiary/aromatic N) is 3. The van der Waals surface area contributed by atoms with Crippen LogP contribution in [0.25, 0.3) is 0 Å². The predicted octanol–water partition coefficient (Wildman–Crippen LogP) is 1.54. The summed E-state index contributed by atoms with van der Waals surface area (Å²) in [5, 5.41) is 1.73. The van der Waals surface area contributed by atoms with Crippen LogP contribution < -0.4 is 4.90 Å². The third kappa shape index (κ3) is 1.66. The fraction of sp³-hybridized carbons (Fsp3) is 0.0833. The van der Waals surface area contributed by atoms with Crippen molar-refractivity contribution in [3.8, 4) is 0 Å². The van der Waals surface area contributed by atoms with Gasteiger partial charge in [0.05, 0.1) is 11.1 Å². The van der Waals surface area contributed by atoms with E-state index in [2.05, 4.69) is 9.97 Å². The molecule has 0 N–H and O–H groups in total. The Morgan fingerprint density at radius 1 is 1.26 bits per heavy atom. The van der Waals surface area contributed by atoms with Crippen molar-refractivity contribution >= 4 is 34.1 Å². The standard InChI is InChI=1S/C12H7N3O3S/c1-6(16)9-5-19-12(14-9)15-10(17)7-2-3-13-4-8(7)11(15)18/h2-5H,1H3. The number of rotatable bonds is 2. The van der Waals surface area contributed by atoms with Crippen LogP contribution in [0.4, 0.5) is 5.13 Å². The SMILES string of the molecule is CC(=O)c1csc(N2C(=O)c3ccncc3C2=O)n1. The van der Waals surface area contributed by atoms with Crippen LogP contribution in [0.2, 0.25) is 0 Å². The van der Waals surface area contributed by atoms with Gasteiger partial charge < -0.3 is 0 Å². The number of hydrogen-bond donors (Lipinski definition) is 0. The Labute approximate surface area is 111 Å². The molecule has 6 nitrogen and oxygen atoms in total. The Bertz CT molecular complexity index is 688. The number of carbonyl (C=O) groups is 3. The maximum atomic E-state index is 12.1. The van der Waals surface area contributed by atoms with Crippen LogP contribution in [0.3, 0.4) is 0 Å². The van der Waals surface area contributed by atoms with Gasteiger partial charge in [-0.05, 0) is 6.07 Å². The van der Waals surface area contributed by atoms with E-state index in [-0.39, 0.29) is 22.2 Å². The number of pyridine rings is 1. The Balaban J connectivity index is 2.06. The number of Topliss-reactive ketones (excluding diaryl/α,β-unsaturated/α-hetero) is 1. The average molecular weight is 273 g/mol. The smallest absolute Gasteiger partial charge is 0.269 e. The molecule has 19 heavy (non-hydrogen) atoms. The van der Waals surface area contributed by atoms with Gasteiger partial charge in [0.1, 0.15) is 5.69 Å². The van der Waals surface area contributed by atoms with Crippen molar-refractivity contribution in [2.24, 2.45) is 0 Å². The first-order valence-electron chi connectivity index (χ1n) is 5.39. The summed E-state index contributed by atoms with van der Waals surface area (Å²) in [6.07, 6.45) is 2.81. The zero-order valence-electron chi connectivity index (χ0n) is 9.78. The fourth-order valence-corrected chi connectivity index (χ4v) is 2.64. The number of aromatic nitrogens is 2. The van der Waals surface area contributed by atoms with Crippen molar-refractivity contribution < 1.29 is 14.4 Å². The summed E-state index contributed by atoms with van der Waals surface area (Å²) in [4.78, 5) is 44.3. The molecule has 0 radical (unpaired) electrons. The summed E-state index contributed by atoms with van der Waals surface area (Å²) in [6.45, 7) is 1.38. The molecule has 7 heteroatoms. The first kappa shape index (κ1) is 11.7. The number of thiazole rings is 1. The summed E-state index contributed by atoms with van der Waals surface area (Å²) in [6, 6.07) is 1.50. The van der Waals surface area contributed by atoms with E-state index in [0.717, 1.165) is 16.2 Å². The number of anilines is 1. The molecule has 2 amide bonds. The second kappa shape index (κ2) is 4.06. The molecule has 0 aliphatic carbocycles. The van der Waals surface area contributed by atoms with Crippen molar-refractivity contribution in [1.82, 2.24) is 9.97 Å². The van der Waals surface area contributed by atoms with Gasteiger partial charge in [-0.2, -0.15) is 0 Å². The summed E-state index contributed by atoms with van der Waals surface area (Å²) in [5.74, 6) is -1.11. The molecular formula is C12H7N3O3S. The summed E-state index contributed by atoms with van der Waals surface area (Å²) < 4.78 is 0. The van der Waals surface area contributed by atoms with E-state index >= 15 is 0 Å². The van der Waals surface area contributed by atoms with Gasteiger partial charge in [-0.25, -0.2) is 9.88 Å². The van der Waals surface area contributed by atoms with Crippen molar-refractivity contribution in [3.63, 3.8) is 0 Å². The first-order chi connectivity index (χ1) is 9.09. The molecule has 3 heterocycles. The third-order valence-corrected chi connectivity index (χ3v) is 3.56. The van der Waals surface area contributed by atoms with E-state index in [1.54, 1.807) is 0 Å². The lowest BCUT2D eigenvalue weighted by atomic mass is 10.2. The second-order valence-electron chi connectivity index (χ2n) is 3.94. The van der Waals surface area contributed by atoms with Crippen molar-refractivity contribution in [2.45, 2.75) is 6.92 Å². The Hall–Kier alpha value is -2.41. The molecule has 0 spiro atoms. The van der Waals surface area contributed by atoms with Gasteiger partial charge in [0, 0.05) is 24.7 Å². The minimum atomic E-state index is -0.461. The minimum absolute atomic E-state index is 0.205. The molecule has 0 saturated heterocycles. The Kier molecular flexibility index (Phi) is 2.49. The molecule has 0 saturated carbocycles. The van der Waals surface area contributed by atoms with Crippen LogP contribution in [0.15, 0.2) is 23.8 Å². The predicted molar refractivity (Wildman–Crippen MR) is 67.5 cm³/mol. The van der Waals surface area contributed by atoms with Crippen LogP contribution in [0, 0.1) is 0 Å². The average Bonchev–Trinajstić information content (AvgIpc) is 2.96. The molecule has 1 aliphatic heterocycles. The molecule has 0 aromatic carbocycles. The molecule has 3 rings (SSSR count). The van der Waals surface area contributed by atoms with Gasteiger partial charge in [0.25, 0.3) is 11.8 Å². The Morgan fingerprint density at radius 3 is 2.63 bits per heavy atom. The van der Waals surface area contributed by atoms with Gasteiger partial charge >= 0.3 is 0 Å². The molecule has 2 aromatic rings. The van der Waals surface area contributed by atoms with Gasteiger partial charge in [0.2, 0.25) is 0 Å². The van der Waals surface area contributed by atoms with Crippen LogP contribution in [-0.4, -0.2) is 27.6 Å². The van der Waals surface area contributed by atoms with Gasteiger partial charge in [0.15, 0.2) is 10.9 Å². The lowest BCUT2D eigenvalue weighted by molar-refractivity contribution is 0.0923. The summed E-state index contributed by atoms with van der Waals surface area (Å²) in [7, 11) is 0. The van der Waals surface area contributed by atoms with Gasteiger partial charge in [-0.1, -0.05) is 0 Å². The largest absolute Gasteiger partial charge is 0.293 e. The molecule has 0 fully saturated rings. The fourth-order valence-electron chi connectivity index (χ4n) is 1.79. The topological polar surface area (TPSA) is 80.2 Å². The summed E-state index contributed by atoms with van der Waals surface area (Å²) in [5.41, 5.74) is 0.807. The van der Waals surface area contributed by atoms with Crippen LogP contribution >= 0.6 is 11.3 Å². The van der Waals surface area contributed by atoms with Crippen LogP contribution in [-0.2, 0) is 0 Å². The van der Waals surface area contributed by atoms with Crippen molar-refractivity contribution in [2.75, 3.05) is 4.90 Å². The monoisotopic (exact) mass is 273 g/mol. The highest BCUT2D eigenvalue weighted by molar-refractivity contribution is 7.14. The molecule has 1 aliphatic rings. The highest BCUT2D eigenvalue weighted by atomic mass is 32.1. The lowest BCUT2D eigenvalue weighted by Crippen LogP contribution is -2.29. The number of amides is 2. The maximum Gasteiger partial charge on any atom is 0.269 e. The van der Waals surface area contributed by atoms with E-state index in [4.69, 9.17) is 0 Å². The second-order valence-corrected chi connectivity index (χ2v) is 4.78. The molecule has 0 bridgehead atoms. The van der Waals surface area contributed by atoms with E-state index < -0.39 is 11.8 Å². The normalized spacial score (nSPS) is 13.8. The van der Waals surface area contributed by atoms with E-state index in [1.165, 1.54) is 30.8 Å². The number of hydrogen-bond acceptors (Lipinski definition) is 6. The van der Waals surface area contributed by atoms with Gasteiger partial charge in [-0.15, -0.1) is 11.3 Å². The van der Waals surface area contributed by atoms with Gasteiger partial charge in [-0.3, -0.25) is 19.4 Å². The molecule has 94 valence electrons. The lowest BCUT2D eigenvalue weighted by Gasteiger charge is -2.08. The minimum Gasteiger partial charge on any atom is -0.293 e. The Morgan fingerprint density at radius 2 is 2.00 bits per heavy atom. The van der Waals surface area contributed by atoms with Crippen molar-refractivity contribution in [1.29, 1.82) is 0 Å². The maximum absolute atomic E-state index is 12.1. The van der Waals surface area contributed by atoms with E-state index in [9.17, 15) is 14.4 Å². The third-order valence-electron chi connectivity index (χ3n) is 2.73. The highest BCUT2D eigenvalue weighted by Gasteiger charge is 2.38. The summed E-state index contributed by atoms with van der Waals surface area (Å²) >= 11 is 1.09. The van der Waals surface area contributed by atoms with Crippen molar-refractivity contribution in [3.05, 3.63) is 40.7 Å². The molecular weight excluding hydrogens is 266 g/mol. The van der Waals surface area contributed by atoms with E-state index in [0.29, 0.717) is 5.56 Å².